The van der Waals surface area contributed by atoms with Crippen molar-refractivity contribution in [2.45, 2.75) is 43.2 Å². The van der Waals surface area contributed by atoms with E-state index in [2.05, 4.69) is 57.8 Å². The first-order chi connectivity index (χ1) is 22.8. The number of carboxylic acids is 1. The number of aliphatic carboxylic acids is 1. The van der Waals surface area contributed by atoms with Gasteiger partial charge in [0.05, 0.1) is 11.3 Å². The molecule has 8 rings (SSSR count). The normalized spacial score (nSPS) is 14.6. The van der Waals surface area contributed by atoms with Crippen molar-refractivity contribution >= 4 is 59.3 Å². The first kappa shape index (κ1) is 30.6. The highest BCUT2D eigenvalue weighted by atomic mass is 32.2. The summed E-state index contributed by atoms with van der Waals surface area (Å²) in [6.45, 7) is 0.503. The largest absolute Gasteiger partial charge is 0.481 e. The Hall–Kier alpha value is -5.05. The highest BCUT2D eigenvalue weighted by Crippen LogP contribution is 2.34. The van der Waals surface area contributed by atoms with Gasteiger partial charge in [-0.1, -0.05) is 84.9 Å². The molecule has 0 bridgehead atoms. The number of hydrogen-bond acceptors (Lipinski definition) is 3. The first-order valence-corrected chi connectivity index (χ1v) is 17.1. The van der Waals surface area contributed by atoms with Crippen LogP contribution in [0.5, 0.6) is 0 Å². The van der Waals surface area contributed by atoms with E-state index in [1.165, 1.54) is 67.7 Å². The first-order valence-electron chi connectivity index (χ1n) is 15.7. The van der Waals surface area contributed by atoms with E-state index in [9.17, 15) is 17.6 Å². The SMILES string of the molecule is O=C(O)CCn1c2ccccc2c2ccccc21.O=S(=O)(NC1CCc2ccc3c(ccc4ccccc43)c2C1)c1ccc(F)cc1. The molecule has 1 aliphatic rings. The monoisotopic (exact) mass is 644 g/mol. The molecule has 7 aromatic rings. The number of carboxylic acid groups (broad SMARTS) is 1. The zero-order chi connectivity index (χ0) is 32.5. The van der Waals surface area contributed by atoms with E-state index in [0.717, 1.165) is 23.9 Å². The molecule has 0 radical (unpaired) electrons. The fourth-order valence-electron chi connectivity index (χ4n) is 6.80. The van der Waals surface area contributed by atoms with E-state index in [4.69, 9.17) is 5.11 Å². The molecule has 236 valence electrons. The Bertz CT molecular complexity index is 2330. The van der Waals surface area contributed by atoms with Gasteiger partial charge in [-0.3, -0.25) is 4.79 Å². The third-order valence-electron chi connectivity index (χ3n) is 9.02. The summed E-state index contributed by atoms with van der Waals surface area (Å²) in [5.41, 5.74) is 4.69. The molecular weight excluding hydrogens is 612 g/mol. The molecular formula is C39H33FN2O4S. The topological polar surface area (TPSA) is 88.4 Å². The summed E-state index contributed by atoms with van der Waals surface area (Å²) in [5, 5.41) is 16.0. The van der Waals surface area contributed by atoms with Crippen molar-refractivity contribution < 1.29 is 22.7 Å². The predicted octanol–water partition coefficient (Wildman–Crippen LogP) is 8.24. The smallest absolute Gasteiger partial charge is 0.305 e. The van der Waals surface area contributed by atoms with Crippen molar-refractivity contribution in [3.05, 3.63) is 138 Å². The predicted molar refractivity (Wildman–Crippen MR) is 186 cm³/mol. The van der Waals surface area contributed by atoms with Gasteiger partial charge in [-0.2, -0.15) is 0 Å². The standard InChI is InChI=1S/C24H20FNO2S.C15H13NO2/c25-18-8-11-20(12-9-18)29(27,28)26-19-10-5-17-7-13-22-21-4-2-1-3-16(21)6-14-23(22)24(17)15-19;17-15(18)9-10-16-13-7-3-1-5-11(13)12-6-2-4-8-14(12)16/h1-4,6-9,11-14,19,26H,5,10,15H2;1-8H,9-10H2,(H,17,18). The third-order valence-corrected chi connectivity index (χ3v) is 10.6. The van der Waals surface area contributed by atoms with Crippen LogP contribution in [0.25, 0.3) is 43.4 Å². The minimum absolute atomic E-state index is 0.0913. The number of benzene rings is 6. The lowest BCUT2D eigenvalue weighted by Gasteiger charge is -2.27. The van der Waals surface area contributed by atoms with Gasteiger partial charge in [0, 0.05) is 34.4 Å². The Balaban J connectivity index is 0.000000167. The van der Waals surface area contributed by atoms with Crippen LogP contribution in [0.4, 0.5) is 4.39 Å². The summed E-state index contributed by atoms with van der Waals surface area (Å²) in [6.07, 6.45) is 2.36. The highest BCUT2D eigenvalue weighted by molar-refractivity contribution is 7.89. The Morgan fingerprint density at radius 2 is 1.36 bits per heavy atom. The molecule has 1 atom stereocenters. The van der Waals surface area contributed by atoms with Gasteiger partial charge in [-0.15, -0.1) is 0 Å². The fraction of sp³-hybridized carbons (Fsp3) is 0.154. The number of rotatable bonds is 6. The number of aromatic nitrogens is 1. The maximum absolute atomic E-state index is 13.1. The van der Waals surface area contributed by atoms with E-state index >= 15 is 0 Å². The average molecular weight is 645 g/mol. The van der Waals surface area contributed by atoms with Crippen molar-refractivity contribution in [3.63, 3.8) is 0 Å². The van der Waals surface area contributed by atoms with Crippen LogP contribution in [-0.2, 0) is 34.2 Å². The van der Waals surface area contributed by atoms with Gasteiger partial charge < -0.3 is 9.67 Å². The zero-order valence-electron chi connectivity index (χ0n) is 25.6. The van der Waals surface area contributed by atoms with Crippen LogP contribution >= 0.6 is 0 Å². The molecule has 1 unspecified atom stereocenters. The van der Waals surface area contributed by atoms with Gasteiger partial charge in [0.25, 0.3) is 0 Å². The van der Waals surface area contributed by atoms with Gasteiger partial charge in [-0.05, 0) is 88.3 Å². The molecule has 6 nitrogen and oxygen atoms in total. The van der Waals surface area contributed by atoms with Crippen molar-refractivity contribution in [2.24, 2.45) is 0 Å². The molecule has 0 saturated heterocycles. The van der Waals surface area contributed by atoms with E-state index in [1.54, 1.807) is 0 Å². The lowest BCUT2D eigenvalue weighted by Crippen LogP contribution is -2.38. The molecule has 6 aromatic carbocycles. The molecule has 8 heteroatoms. The Morgan fingerprint density at radius 1 is 0.745 bits per heavy atom. The van der Waals surface area contributed by atoms with Gasteiger partial charge >= 0.3 is 5.97 Å². The van der Waals surface area contributed by atoms with Crippen molar-refractivity contribution in [1.82, 2.24) is 9.29 Å². The van der Waals surface area contributed by atoms with Crippen LogP contribution in [0.2, 0.25) is 0 Å². The second kappa shape index (κ2) is 12.6. The molecule has 2 N–H and O–H groups in total. The van der Waals surface area contributed by atoms with Crippen molar-refractivity contribution in [2.75, 3.05) is 0 Å². The Labute approximate surface area is 272 Å². The molecule has 1 aromatic heterocycles. The van der Waals surface area contributed by atoms with E-state index in [0.29, 0.717) is 13.0 Å². The van der Waals surface area contributed by atoms with Gasteiger partial charge in [0.15, 0.2) is 0 Å². The lowest BCUT2D eigenvalue weighted by molar-refractivity contribution is -0.137. The lowest BCUT2D eigenvalue weighted by atomic mass is 9.84. The number of aryl methyl sites for hydroxylation is 2. The Morgan fingerprint density at radius 3 is 2.04 bits per heavy atom. The number of nitrogens with one attached hydrogen (secondary N) is 1. The molecule has 1 aliphatic carbocycles. The molecule has 0 spiro atoms. The molecule has 1 heterocycles. The van der Waals surface area contributed by atoms with Crippen molar-refractivity contribution in [1.29, 1.82) is 0 Å². The second-order valence-corrected chi connectivity index (χ2v) is 13.6. The molecule has 47 heavy (non-hydrogen) atoms. The summed E-state index contributed by atoms with van der Waals surface area (Å²) < 4.78 is 43.5. The van der Waals surface area contributed by atoms with E-state index < -0.39 is 21.8 Å². The van der Waals surface area contributed by atoms with Crippen molar-refractivity contribution in [3.8, 4) is 0 Å². The molecule has 0 aliphatic heterocycles. The summed E-state index contributed by atoms with van der Waals surface area (Å²) in [6, 6.07) is 37.9. The quantitative estimate of drug-likeness (QED) is 0.179. The summed E-state index contributed by atoms with van der Waals surface area (Å²) in [4.78, 5) is 10.8. The maximum Gasteiger partial charge on any atom is 0.305 e. The summed E-state index contributed by atoms with van der Waals surface area (Å²) in [7, 11) is -3.68. The second-order valence-electron chi connectivity index (χ2n) is 11.9. The Kier molecular flexibility index (Phi) is 8.22. The minimum Gasteiger partial charge on any atom is -0.481 e. The van der Waals surface area contributed by atoms with Gasteiger partial charge in [0.2, 0.25) is 10.0 Å². The number of carbonyl (C=O) groups is 1. The highest BCUT2D eigenvalue weighted by Gasteiger charge is 2.26. The van der Waals surface area contributed by atoms with Crippen LogP contribution in [0.3, 0.4) is 0 Å². The number of halogens is 1. The minimum atomic E-state index is -3.68. The number of hydrogen-bond donors (Lipinski definition) is 2. The van der Waals surface area contributed by atoms with E-state index in [-0.39, 0.29) is 17.4 Å². The van der Waals surface area contributed by atoms with Crippen LogP contribution in [0, 0.1) is 5.82 Å². The van der Waals surface area contributed by atoms with Crippen LogP contribution in [-0.4, -0.2) is 30.1 Å². The van der Waals surface area contributed by atoms with Gasteiger partial charge in [-0.25, -0.2) is 17.5 Å². The zero-order valence-corrected chi connectivity index (χ0v) is 26.4. The third kappa shape index (κ3) is 6.10. The van der Waals surface area contributed by atoms with Crippen LogP contribution in [0.1, 0.15) is 24.0 Å². The summed E-state index contributed by atoms with van der Waals surface area (Å²) in [5.74, 6) is -1.22. The van der Waals surface area contributed by atoms with Gasteiger partial charge in [0.1, 0.15) is 5.82 Å². The number of fused-ring (bicyclic) bond motifs is 8. The summed E-state index contributed by atoms with van der Waals surface area (Å²) >= 11 is 0. The number of para-hydroxylation sites is 2. The fourth-order valence-corrected chi connectivity index (χ4v) is 8.07. The molecule has 0 amide bonds. The number of nitrogens with zero attached hydrogens (tertiary/aromatic N) is 1. The number of sulfonamides is 1. The average Bonchev–Trinajstić information content (AvgIpc) is 3.41. The van der Waals surface area contributed by atoms with E-state index in [1.807, 2.05) is 48.5 Å². The maximum atomic E-state index is 13.1. The van der Waals surface area contributed by atoms with Crippen LogP contribution in [0.15, 0.2) is 126 Å². The molecule has 0 saturated carbocycles. The molecule has 0 fully saturated rings. The van der Waals surface area contributed by atoms with Crippen LogP contribution < -0.4 is 4.72 Å².